The third-order valence-corrected chi connectivity index (χ3v) is 2.32. The first-order valence-corrected chi connectivity index (χ1v) is 5.47. The number of benzene rings is 1. The van der Waals surface area contributed by atoms with Crippen LogP contribution < -0.4 is 15.4 Å². The van der Waals surface area contributed by atoms with Crippen LogP contribution in [0.25, 0.3) is 0 Å². The number of aliphatic hydroxyl groups excluding tert-OH is 1. The van der Waals surface area contributed by atoms with Crippen LogP contribution in [-0.4, -0.2) is 23.9 Å². The molecule has 0 atom stereocenters. The number of rotatable bonds is 4. The number of aliphatic hydroxyl groups is 1. The van der Waals surface area contributed by atoms with Crippen molar-refractivity contribution in [3.63, 3.8) is 0 Å². The lowest BCUT2D eigenvalue weighted by Gasteiger charge is -2.12. The van der Waals surface area contributed by atoms with Gasteiger partial charge in [-0.2, -0.15) is 0 Å². The zero-order valence-corrected chi connectivity index (χ0v) is 10.2. The molecule has 0 aliphatic heterocycles. The van der Waals surface area contributed by atoms with E-state index in [1.807, 2.05) is 25.1 Å². The van der Waals surface area contributed by atoms with Crippen molar-refractivity contribution in [1.82, 2.24) is 5.32 Å². The van der Waals surface area contributed by atoms with Gasteiger partial charge in [0.25, 0.3) is 0 Å². The molecule has 1 aromatic rings. The van der Waals surface area contributed by atoms with Gasteiger partial charge in [-0.15, -0.1) is 0 Å². The molecular formula is C11H16N2O2S. The molecule has 0 fully saturated rings. The summed E-state index contributed by atoms with van der Waals surface area (Å²) in [6.45, 7) is 2.43. The van der Waals surface area contributed by atoms with Gasteiger partial charge in [0.1, 0.15) is 5.75 Å². The molecule has 3 N–H and O–H groups in total. The Kier molecular flexibility index (Phi) is 5.01. The molecule has 0 spiro atoms. The van der Waals surface area contributed by atoms with E-state index in [1.165, 1.54) is 0 Å². The average Bonchev–Trinajstić information content (AvgIpc) is 2.31. The fraction of sp³-hybridized carbons (Fsp3) is 0.364. The zero-order chi connectivity index (χ0) is 12.0. The van der Waals surface area contributed by atoms with Gasteiger partial charge in [-0.05, 0) is 37.3 Å². The SMILES string of the molecule is CCOc1ccc(NC(=S)NC)cc1CO. The highest BCUT2D eigenvalue weighted by molar-refractivity contribution is 7.80. The molecule has 1 rings (SSSR count). The number of thiocarbonyl (C=S) groups is 1. The van der Waals surface area contributed by atoms with Gasteiger partial charge < -0.3 is 20.5 Å². The molecule has 0 aromatic heterocycles. The summed E-state index contributed by atoms with van der Waals surface area (Å²) in [5.74, 6) is 0.700. The van der Waals surface area contributed by atoms with Crippen LogP contribution in [0.5, 0.6) is 5.75 Å². The van der Waals surface area contributed by atoms with E-state index in [0.29, 0.717) is 17.5 Å². The summed E-state index contributed by atoms with van der Waals surface area (Å²) in [6, 6.07) is 5.48. The predicted octanol–water partition coefficient (Wildman–Crippen LogP) is 1.49. The first-order chi connectivity index (χ1) is 7.71. The maximum atomic E-state index is 9.20. The van der Waals surface area contributed by atoms with E-state index in [0.717, 1.165) is 11.3 Å². The van der Waals surface area contributed by atoms with Gasteiger partial charge in [-0.3, -0.25) is 0 Å². The van der Waals surface area contributed by atoms with Gasteiger partial charge in [-0.1, -0.05) is 0 Å². The summed E-state index contributed by atoms with van der Waals surface area (Å²) in [5, 5.41) is 15.5. The minimum Gasteiger partial charge on any atom is -0.494 e. The predicted molar refractivity (Wildman–Crippen MR) is 68.8 cm³/mol. The first-order valence-electron chi connectivity index (χ1n) is 5.06. The molecule has 0 aliphatic rings. The standard InChI is InChI=1S/C11H16N2O2S/c1-3-15-10-5-4-9(6-8(10)7-14)13-11(16)12-2/h4-6,14H,3,7H2,1-2H3,(H2,12,13,16). The smallest absolute Gasteiger partial charge is 0.170 e. The van der Waals surface area contributed by atoms with Crippen LogP contribution in [-0.2, 0) is 6.61 Å². The normalized spacial score (nSPS) is 9.69. The Morgan fingerprint density at radius 2 is 2.25 bits per heavy atom. The molecule has 4 nitrogen and oxygen atoms in total. The quantitative estimate of drug-likeness (QED) is 0.696. The highest BCUT2D eigenvalue weighted by Crippen LogP contribution is 2.22. The van der Waals surface area contributed by atoms with Gasteiger partial charge in [0, 0.05) is 18.3 Å². The molecule has 5 heteroatoms. The Labute approximate surface area is 101 Å². The lowest BCUT2D eigenvalue weighted by Crippen LogP contribution is -2.24. The molecular weight excluding hydrogens is 224 g/mol. The van der Waals surface area contributed by atoms with Crippen LogP contribution in [0.1, 0.15) is 12.5 Å². The number of ether oxygens (including phenoxy) is 1. The fourth-order valence-corrected chi connectivity index (χ4v) is 1.39. The van der Waals surface area contributed by atoms with Crippen molar-refractivity contribution < 1.29 is 9.84 Å². The van der Waals surface area contributed by atoms with Crippen LogP contribution in [0.3, 0.4) is 0 Å². The molecule has 0 heterocycles. The Balaban J connectivity index is 2.86. The van der Waals surface area contributed by atoms with Crippen LogP contribution in [0.4, 0.5) is 5.69 Å². The van der Waals surface area contributed by atoms with Crippen molar-refractivity contribution in [2.24, 2.45) is 0 Å². The minimum absolute atomic E-state index is 0.0584. The molecule has 1 aromatic carbocycles. The van der Waals surface area contributed by atoms with Crippen molar-refractivity contribution in [2.45, 2.75) is 13.5 Å². The molecule has 0 aliphatic carbocycles. The molecule has 0 radical (unpaired) electrons. The Morgan fingerprint density at radius 1 is 1.50 bits per heavy atom. The second kappa shape index (κ2) is 6.30. The average molecular weight is 240 g/mol. The van der Waals surface area contributed by atoms with E-state index >= 15 is 0 Å². The summed E-state index contributed by atoms with van der Waals surface area (Å²) >= 11 is 4.98. The first kappa shape index (κ1) is 12.7. The summed E-state index contributed by atoms with van der Waals surface area (Å²) in [4.78, 5) is 0. The molecule has 0 saturated heterocycles. The van der Waals surface area contributed by atoms with Crippen LogP contribution >= 0.6 is 12.2 Å². The number of nitrogens with one attached hydrogen (secondary N) is 2. The topological polar surface area (TPSA) is 53.5 Å². The van der Waals surface area contributed by atoms with Crippen molar-refractivity contribution in [1.29, 1.82) is 0 Å². The Hall–Kier alpha value is -1.33. The van der Waals surface area contributed by atoms with Gasteiger partial charge in [0.15, 0.2) is 5.11 Å². The van der Waals surface area contributed by atoms with Crippen molar-refractivity contribution in [2.75, 3.05) is 19.0 Å². The minimum atomic E-state index is -0.0584. The highest BCUT2D eigenvalue weighted by atomic mass is 32.1. The third kappa shape index (κ3) is 3.36. The van der Waals surface area contributed by atoms with Crippen molar-refractivity contribution in [3.8, 4) is 5.75 Å². The lowest BCUT2D eigenvalue weighted by atomic mass is 10.2. The molecule has 0 unspecified atom stereocenters. The van der Waals surface area contributed by atoms with Gasteiger partial charge >= 0.3 is 0 Å². The van der Waals surface area contributed by atoms with E-state index < -0.39 is 0 Å². The van der Waals surface area contributed by atoms with E-state index in [2.05, 4.69) is 10.6 Å². The van der Waals surface area contributed by atoms with Gasteiger partial charge in [0.2, 0.25) is 0 Å². The van der Waals surface area contributed by atoms with E-state index in [4.69, 9.17) is 17.0 Å². The number of hydrogen-bond donors (Lipinski definition) is 3. The van der Waals surface area contributed by atoms with Gasteiger partial charge in [0.05, 0.1) is 13.2 Å². The largest absolute Gasteiger partial charge is 0.494 e. The van der Waals surface area contributed by atoms with Crippen LogP contribution in [0, 0.1) is 0 Å². The van der Waals surface area contributed by atoms with E-state index in [1.54, 1.807) is 7.05 Å². The van der Waals surface area contributed by atoms with Crippen molar-refractivity contribution >= 4 is 23.0 Å². The third-order valence-electron chi connectivity index (χ3n) is 2.02. The molecule has 16 heavy (non-hydrogen) atoms. The monoisotopic (exact) mass is 240 g/mol. The van der Waals surface area contributed by atoms with E-state index in [9.17, 15) is 5.11 Å². The second-order valence-corrected chi connectivity index (χ2v) is 3.53. The van der Waals surface area contributed by atoms with Gasteiger partial charge in [-0.25, -0.2) is 0 Å². The molecule has 88 valence electrons. The summed E-state index contributed by atoms with van der Waals surface area (Å²) in [6.07, 6.45) is 0. The Bertz CT molecular complexity index is 369. The fourth-order valence-electron chi connectivity index (χ4n) is 1.27. The van der Waals surface area contributed by atoms with E-state index in [-0.39, 0.29) is 6.61 Å². The summed E-state index contributed by atoms with van der Waals surface area (Å²) < 4.78 is 5.38. The molecule has 0 bridgehead atoms. The zero-order valence-electron chi connectivity index (χ0n) is 9.41. The maximum Gasteiger partial charge on any atom is 0.170 e. The lowest BCUT2D eigenvalue weighted by molar-refractivity contribution is 0.267. The van der Waals surface area contributed by atoms with Crippen LogP contribution in [0.2, 0.25) is 0 Å². The summed E-state index contributed by atoms with van der Waals surface area (Å²) in [7, 11) is 1.75. The highest BCUT2D eigenvalue weighted by Gasteiger charge is 2.04. The summed E-state index contributed by atoms with van der Waals surface area (Å²) in [5.41, 5.74) is 1.57. The van der Waals surface area contributed by atoms with Crippen molar-refractivity contribution in [3.05, 3.63) is 23.8 Å². The molecule has 0 saturated carbocycles. The molecule has 0 amide bonds. The number of anilines is 1. The van der Waals surface area contributed by atoms with Crippen LogP contribution in [0.15, 0.2) is 18.2 Å². The number of hydrogen-bond acceptors (Lipinski definition) is 3. The Morgan fingerprint density at radius 3 is 2.81 bits per heavy atom. The maximum absolute atomic E-state index is 9.20. The second-order valence-electron chi connectivity index (χ2n) is 3.12.